The summed E-state index contributed by atoms with van der Waals surface area (Å²) in [6.45, 7) is 0.610. The molecule has 7 heteroatoms. The van der Waals surface area contributed by atoms with Gasteiger partial charge in [0.15, 0.2) is 5.76 Å². The predicted octanol–water partition coefficient (Wildman–Crippen LogP) is 3.78. The number of hydrogen-bond acceptors (Lipinski definition) is 4. The Labute approximate surface area is 173 Å². The van der Waals surface area contributed by atoms with Gasteiger partial charge in [0.1, 0.15) is 5.69 Å². The average molecular weight is 412 g/mol. The van der Waals surface area contributed by atoms with Crippen LogP contribution < -0.4 is 10.9 Å². The zero-order valence-corrected chi connectivity index (χ0v) is 16.7. The molecule has 3 aromatic rings. The van der Waals surface area contributed by atoms with Gasteiger partial charge in [-0.15, -0.1) is 0 Å². The lowest BCUT2D eigenvalue weighted by molar-refractivity contribution is -0.126. The van der Waals surface area contributed by atoms with Crippen molar-refractivity contribution in [1.29, 1.82) is 0 Å². The first kappa shape index (κ1) is 19.5. The van der Waals surface area contributed by atoms with E-state index in [0.717, 1.165) is 31.2 Å². The van der Waals surface area contributed by atoms with E-state index in [2.05, 4.69) is 10.4 Å². The summed E-state index contributed by atoms with van der Waals surface area (Å²) in [7, 11) is 0. The molecule has 0 bridgehead atoms. The van der Waals surface area contributed by atoms with Crippen LogP contribution in [-0.4, -0.2) is 22.2 Å². The average Bonchev–Trinajstić information content (AvgIpc) is 3.43. The maximum Gasteiger partial charge on any atom is 0.266 e. The van der Waals surface area contributed by atoms with Crippen LogP contribution in [0.3, 0.4) is 0 Å². The van der Waals surface area contributed by atoms with Gasteiger partial charge in [-0.25, -0.2) is 4.68 Å². The molecule has 2 heterocycles. The van der Waals surface area contributed by atoms with Crippen LogP contribution in [-0.2, 0) is 16.8 Å². The normalized spacial score (nSPS) is 15.3. The highest BCUT2D eigenvalue weighted by molar-refractivity contribution is 6.30. The highest BCUT2D eigenvalue weighted by Crippen LogP contribution is 2.41. The van der Waals surface area contributed by atoms with Gasteiger partial charge in [0.25, 0.3) is 5.56 Å². The van der Waals surface area contributed by atoms with Crippen LogP contribution in [0.5, 0.6) is 0 Å². The van der Waals surface area contributed by atoms with Crippen LogP contribution in [0, 0.1) is 0 Å². The van der Waals surface area contributed by atoms with Gasteiger partial charge < -0.3 is 9.73 Å². The van der Waals surface area contributed by atoms with Gasteiger partial charge >= 0.3 is 0 Å². The number of amides is 1. The fourth-order valence-corrected chi connectivity index (χ4v) is 4.13. The molecule has 1 amide bonds. The summed E-state index contributed by atoms with van der Waals surface area (Å²) >= 11 is 6.01. The summed E-state index contributed by atoms with van der Waals surface area (Å²) in [5, 5.41) is 8.01. The van der Waals surface area contributed by atoms with Crippen molar-refractivity contribution >= 4 is 17.5 Å². The van der Waals surface area contributed by atoms with E-state index >= 15 is 0 Å². The van der Waals surface area contributed by atoms with Gasteiger partial charge in [-0.1, -0.05) is 36.6 Å². The summed E-state index contributed by atoms with van der Waals surface area (Å²) in [4.78, 5) is 25.2. The fraction of sp³-hybridized carbons (Fsp3) is 0.318. The van der Waals surface area contributed by atoms with Gasteiger partial charge in [0, 0.05) is 17.6 Å². The minimum Gasteiger partial charge on any atom is -0.463 e. The van der Waals surface area contributed by atoms with E-state index in [0.29, 0.717) is 23.0 Å². The molecular formula is C22H22ClN3O3. The third kappa shape index (κ3) is 3.98. The van der Waals surface area contributed by atoms with E-state index in [1.165, 1.54) is 10.7 Å². The lowest BCUT2D eigenvalue weighted by Gasteiger charge is -2.28. The van der Waals surface area contributed by atoms with Crippen molar-refractivity contribution in [3.05, 3.63) is 75.7 Å². The highest BCUT2D eigenvalue weighted by atomic mass is 35.5. The van der Waals surface area contributed by atoms with E-state index in [9.17, 15) is 9.59 Å². The Morgan fingerprint density at radius 3 is 2.59 bits per heavy atom. The third-order valence-corrected chi connectivity index (χ3v) is 5.79. The Kier molecular flexibility index (Phi) is 5.53. The van der Waals surface area contributed by atoms with Crippen molar-refractivity contribution in [2.75, 3.05) is 6.54 Å². The van der Waals surface area contributed by atoms with E-state index < -0.39 is 5.41 Å². The summed E-state index contributed by atoms with van der Waals surface area (Å²) in [6.07, 6.45) is 5.22. The molecule has 1 aliphatic rings. The van der Waals surface area contributed by atoms with Crippen molar-refractivity contribution in [2.45, 2.75) is 37.6 Å². The van der Waals surface area contributed by atoms with E-state index in [-0.39, 0.29) is 18.0 Å². The molecule has 1 fully saturated rings. The number of hydrogen-bond donors (Lipinski definition) is 1. The van der Waals surface area contributed by atoms with Crippen molar-refractivity contribution in [3.8, 4) is 11.5 Å². The number of nitrogens with one attached hydrogen (secondary N) is 1. The van der Waals surface area contributed by atoms with Crippen molar-refractivity contribution in [2.24, 2.45) is 0 Å². The number of furan rings is 1. The molecular weight excluding hydrogens is 390 g/mol. The first-order valence-electron chi connectivity index (χ1n) is 9.75. The van der Waals surface area contributed by atoms with Crippen molar-refractivity contribution in [1.82, 2.24) is 15.1 Å². The molecule has 2 aromatic heterocycles. The molecule has 1 N–H and O–H groups in total. The molecule has 1 aliphatic carbocycles. The molecule has 0 saturated heterocycles. The number of carbonyl (C=O) groups excluding carboxylic acids is 1. The molecule has 0 atom stereocenters. The zero-order chi connectivity index (χ0) is 20.3. The summed E-state index contributed by atoms with van der Waals surface area (Å²) < 4.78 is 6.69. The molecule has 0 unspecified atom stereocenters. The van der Waals surface area contributed by atoms with Crippen LogP contribution >= 0.6 is 11.6 Å². The lowest BCUT2D eigenvalue weighted by Crippen LogP contribution is -2.44. The molecule has 0 aliphatic heterocycles. The number of rotatable bonds is 6. The van der Waals surface area contributed by atoms with E-state index in [4.69, 9.17) is 16.0 Å². The SMILES string of the molecule is O=C(NCCn1nc(-c2ccco2)ccc1=O)C1(c2ccc(Cl)cc2)CCCC1. The Bertz CT molecular complexity index is 1040. The first-order valence-corrected chi connectivity index (χ1v) is 10.1. The Hall–Kier alpha value is -2.86. The maximum absolute atomic E-state index is 13.1. The Morgan fingerprint density at radius 1 is 1.14 bits per heavy atom. The molecule has 1 aromatic carbocycles. The molecule has 4 rings (SSSR count). The van der Waals surface area contributed by atoms with Crippen molar-refractivity contribution in [3.63, 3.8) is 0 Å². The first-order chi connectivity index (χ1) is 14.1. The predicted molar refractivity (Wildman–Crippen MR) is 111 cm³/mol. The number of carbonyl (C=O) groups is 1. The smallest absolute Gasteiger partial charge is 0.266 e. The van der Waals surface area contributed by atoms with Crippen LogP contribution in [0.25, 0.3) is 11.5 Å². The molecule has 150 valence electrons. The summed E-state index contributed by atoms with van der Waals surface area (Å²) in [6, 6.07) is 14.2. The second-order valence-corrected chi connectivity index (χ2v) is 7.75. The highest BCUT2D eigenvalue weighted by Gasteiger charge is 2.42. The monoisotopic (exact) mass is 411 g/mol. The topological polar surface area (TPSA) is 77.1 Å². The van der Waals surface area contributed by atoms with Crippen LogP contribution in [0.4, 0.5) is 0 Å². The van der Waals surface area contributed by atoms with E-state index in [1.54, 1.807) is 24.5 Å². The molecule has 6 nitrogen and oxygen atoms in total. The lowest BCUT2D eigenvalue weighted by atomic mass is 9.78. The van der Waals surface area contributed by atoms with Crippen LogP contribution in [0.2, 0.25) is 5.02 Å². The molecule has 29 heavy (non-hydrogen) atoms. The van der Waals surface area contributed by atoms with E-state index in [1.807, 2.05) is 24.3 Å². The van der Waals surface area contributed by atoms with Gasteiger partial charge in [-0.3, -0.25) is 9.59 Å². The van der Waals surface area contributed by atoms with Gasteiger partial charge in [-0.2, -0.15) is 5.10 Å². The second-order valence-electron chi connectivity index (χ2n) is 7.31. The van der Waals surface area contributed by atoms with Crippen molar-refractivity contribution < 1.29 is 9.21 Å². The number of benzene rings is 1. The zero-order valence-electron chi connectivity index (χ0n) is 15.9. The van der Waals surface area contributed by atoms with Crippen LogP contribution in [0.1, 0.15) is 31.2 Å². The summed E-state index contributed by atoms with van der Waals surface area (Å²) in [5.74, 6) is 0.586. The Balaban J connectivity index is 1.46. The van der Waals surface area contributed by atoms with Crippen LogP contribution in [0.15, 0.2) is 64.0 Å². The quantitative estimate of drug-likeness (QED) is 0.669. The number of halogens is 1. The summed E-state index contributed by atoms with van der Waals surface area (Å²) in [5.41, 5.74) is 0.822. The number of aromatic nitrogens is 2. The standard InChI is InChI=1S/C22H22ClN3O3/c23-17-7-5-16(6-8-17)22(11-1-2-12-22)21(28)24-13-14-26-20(27)10-9-18(25-26)19-4-3-15-29-19/h3-10,15H,1-2,11-14H2,(H,24,28). The maximum atomic E-state index is 13.1. The molecule has 0 radical (unpaired) electrons. The fourth-order valence-electron chi connectivity index (χ4n) is 4.00. The second kappa shape index (κ2) is 8.25. The number of nitrogens with zero attached hydrogens (tertiary/aromatic N) is 2. The Morgan fingerprint density at radius 2 is 1.90 bits per heavy atom. The van der Waals surface area contributed by atoms with Gasteiger partial charge in [0.2, 0.25) is 5.91 Å². The molecule has 0 spiro atoms. The largest absolute Gasteiger partial charge is 0.463 e. The minimum atomic E-state index is -0.529. The van der Waals surface area contributed by atoms with Gasteiger partial charge in [-0.05, 0) is 48.7 Å². The van der Waals surface area contributed by atoms with Gasteiger partial charge in [0.05, 0.1) is 18.2 Å². The minimum absolute atomic E-state index is 0.00689. The third-order valence-electron chi connectivity index (χ3n) is 5.54. The molecule has 1 saturated carbocycles.